The van der Waals surface area contributed by atoms with Crippen LogP contribution >= 0.6 is 12.4 Å². The van der Waals surface area contributed by atoms with Gasteiger partial charge in [-0.25, -0.2) is 0 Å². The molecular weight excluding hydrogens is 186 g/mol. The number of hydrogen-bond donors (Lipinski definition) is 1. The summed E-state index contributed by atoms with van der Waals surface area (Å²) in [6.45, 7) is 8.25. The van der Waals surface area contributed by atoms with Crippen molar-refractivity contribution in [3.05, 3.63) is 11.9 Å². The molecule has 0 fully saturated rings. The molecule has 0 saturated carbocycles. The van der Waals surface area contributed by atoms with Crippen LogP contribution in [0.1, 0.15) is 26.0 Å². The van der Waals surface area contributed by atoms with Crippen LogP contribution in [0, 0.1) is 6.92 Å². The molecule has 1 rings (SSSR count). The van der Waals surface area contributed by atoms with Crippen LogP contribution < -0.4 is 5.32 Å². The number of halogens is 1. The number of hydrogen-bond acceptors (Lipinski definition) is 2. The van der Waals surface area contributed by atoms with E-state index in [2.05, 4.69) is 30.5 Å². The van der Waals surface area contributed by atoms with E-state index in [1.54, 1.807) is 0 Å². The van der Waals surface area contributed by atoms with Gasteiger partial charge in [0.25, 0.3) is 0 Å². The van der Waals surface area contributed by atoms with Crippen molar-refractivity contribution in [2.45, 2.75) is 33.7 Å². The number of anilines is 1. The lowest BCUT2D eigenvalue weighted by Gasteiger charge is -2.00. The van der Waals surface area contributed by atoms with E-state index in [0.717, 1.165) is 25.2 Å². The first-order valence-corrected chi connectivity index (χ1v) is 4.55. The fourth-order valence-corrected chi connectivity index (χ4v) is 1.11. The lowest BCUT2D eigenvalue weighted by molar-refractivity contribution is 0.653. The number of rotatable bonds is 4. The second-order valence-corrected chi connectivity index (χ2v) is 2.91. The minimum atomic E-state index is 0. The first-order valence-electron chi connectivity index (χ1n) is 4.55. The van der Waals surface area contributed by atoms with E-state index in [4.69, 9.17) is 0 Å². The average molecular weight is 204 g/mol. The van der Waals surface area contributed by atoms with Crippen molar-refractivity contribution < 1.29 is 0 Å². The molecule has 0 spiro atoms. The van der Waals surface area contributed by atoms with Gasteiger partial charge in [0.1, 0.15) is 0 Å². The lowest BCUT2D eigenvalue weighted by atomic mass is 10.4. The topological polar surface area (TPSA) is 29.9 Å². The van der Waals surface area contributed by atoms with Gasteiger partial charge in [-0.2, -0.15) is 5.10 Å². The molecule has 0 aliphatic carbocycles. The van der Waals surface area contributed by atoms with Crippen molar-refractivity contribution in [2.24, 2.45) is 0 Å². The van der Waals surface area contributed by atoms with Crippen molar-refractivity contribution in [1.82, 2.24) is 9.78 Å². The minimum Gasteiger partial charge on any atom is -0.382 e. The van der Waals surface area contributed by atoms with Gasteiger partial charge in [0.05, 0.1) is 11.4 Å². The smallest absolute Gasteiger partial charge is 0.0825 e. The first kappa shape index (κ1) is 12.3. The zero-order chi connectivity index (χ0) is 8.97. The normalized spacial score (nSPS) is 9.46. The number of aryl methyl sites for hydroxylation is 2. The Balaban J connectivity index is 0.00000144. The van der Waals surface area contributed by atoms with Crippen LogP contribution in [-0.4, -0.2) is 16.3 Å². The zero-order valence-electron chi connectivity index (χ0n) is 8.50. The molecule has 1 aromatic heterocycles. The number of aromatic nitrogens is 2. The number of nitrogens with one attached hydrogen (secondary N) is 1. The quantitative estimate of drug-likeness (QED) is 0.815. The Morgan fingerprint density at radius 1 is 1.46 bits per heavy atom. The van der Waals surface area contributed by atoms with Crippen LogP contribution in [-0.2, 0) is 6.54 Å². The maximum absolute atomic E-state index is 4.34. The maximum atomic E-state index is 4.34. The molecule has 1 heterocycles. The van der Waals surface area contributed by atoms with Gasteiger partial charge in [0.2, 0.25) is 0 Å². The molecule has 0 amide bonds. The summed E-state index contributed by atoms with van der Waals surface area (Å²) in [6, 6.07) is 0. The molecule has 0 bridgehead atoms. The van der Waals surface area contributed by atoms with E-state index < -0.39 is 0 Å². The van der Waals surface area contributed by atoms with Crippen molar-refractivity contribution in [3.8, 4) is 0 Å². The third-order valence-electron chi connectivity index (χ3n) is 1.84. The molecule has 0 aromatic carbocycles. The van der Waals surface area contributed by atoms with Gasteiger partial charge in [-0.3, -0.25) is 4.68 Å². The van der Waals surface area contributed by atoms with Gasteiger partial charge in [0.15, 0.2) is 0 Å². The summed E-state index contributed by atoms with van der Waals surface area (Å²) < 4.78 is 1.95. The van der Waals surface area contributed by atoms with Crippen molar-refractivity contribution in [2.75, 3.05) is 11.9 Å². The van der Waals surface area contributed by atoms with E-state index in [0.29, 0.717) is 0 Å². The molecule has 13 heavy (non-hydrogen) atoms. The van der Waals surface area contributed by atoms with Crippen molar-refractivity contribution in [1.29, 1.82) is 0 Å². The van der Waals surface area contributed by atoms with Crippen LogP contribution in [0.15, 0.2) is 6.20 Å². The van der Waals surface area contributed by atoms with E-state index >= 15 is 0 Å². The van der Waals surface area contributed by atoms with Crippen LogP contribution in [0.25, 0.3) is 0 Å². The van der Waals surface area contributed by atoms with Crippen LogP contribution in [0.4, 0.5) is 5.69 Å². The molecule has 0 aliphatic heterocycles. The molecule has 3 nitrogen and oxygen atoms in total. The number of nitrogens with zero attached hydrogens (tertiary/aromatic N) is 2. The van der Waals surface area contributed by atoms with Crippen molar-refractivity contribution in [3.63, 3.8) is 0 Å². The van der Waals surface area contributed by atoms with Crippen LogP contribution in [0.5, 0.6) is 0 Å². The Morgan fingerprint density at radius 2 is 2.15 bits per heavy atom. The molecule has 1 N–H and O–H groups in total. The van der Waals surface area contributed by atoms with Crippen LogP contribution in [0.3, 0.4) is 0 Å². The highest BCUT2D eigenvalue weighted by atomic mass is 35.5. The SMILES string of the molecule is CCCNc1cn(CC)nc1C.Cl. The Morgan fingerprint density at radius 3 is 2.62 bits per heavy atom. The van der Waals surface area contributed by atoms with Gasteiger partial charge in [0, 0.05) is 19.3 Å². The predicted octanol–water partition coefficient (Wildman–Crippen LogP) is 2.46. The monoisotopic (exact) mass is 203 g/mol. The zero-order valence-corrected chi connectivity index (χ0v) is 9.32. The Bertz CT molecular complexity index is 245. The van der Waals surface area contributed by atoms with E-state index in [-0.39, 0.29) is 12.4 Å². The molecule has 1 aromatic rings. The summed E-state index contributed by atoms with van der Waals surface area (Å²) in [5.74, 6) is 0. The van der Waals surface area contributed by atoms with Crippen LogP contribution in [0.2, 0.25) is 0 Å². The molecule has 0 aliphatic rings. The second kappa shape index (κ2) is 5.86. The average Bonchev–Trinajstić information content (AvgIpc) is 2.43. The fourth-order valence-electron chi connectivity index (χ4n) is 1.11. The van der Waals surface area contributed by atoms with E-state index in [1.807, 2.05) is 11.6 Å². The maximum Gasteiger partial charge on any atom is 0.0825 e. The van der Waals surface area contributed by atoms with E-state index in [9.17, 15) is 0 Å². The van der Waals surface area contributed by atoms with Gasteiger partial charge in [-0.1, -0.05) is 6.92 Å². The van der Waals surface area contributed by atoms with Gasteiger partial charge < -0.3 is 5.32 Å². The Hall–Kier alpha value is -0.700. The third kappa shape index (κ3) is 3.27. The van der Waals surface area contributed by atoms with Gasteiger partial charge in [-0.05, 0) is 20.3 Å². The van der Waals surface area contributed by atoms with Gasteiger partial charge >= 0.3 is 0 Å². The highest BCUT2D eigenvalue weighted by Gasteiger charge is 2.01. The molecule has 0 atom stereocenters. The molecule has 4 heteroatoms. The third-order valence-corrected chi connectivity index (χ3v) is 1.84. The molecular formula is C9H18ClN3. The summed E-state index contributed by atoms with van der Waals surface area (Å²) in [4.78, 5) is 0. The summed E-state index contributed by atoms with van der Waals surface area (Å²) in [5.41, 5.74) is 2.25. The summed E-state index contributed by atoms with van der Waals surface area (Å²) in [6.07, 6.45) is 3.21. The summed E-state index contributed by atoms with van der Waals surface area (Å²) >= 11 is 0. The minimum absolute atomic E-state index is 0. The highest BCUT2D eigenvalue weighted by molar-refractivity contribution is 5.85. The van der Waals surface area contributed by atoms with Crippen molar-refractivity contribution >= 4 is 18.1 Å². The lowest BCUT2D eigenvalue weighted by Crippen LogP contribution is -1.99. The summed E-state index contributed by atoms with van der Waals surface area (Å²) in [7, 11) is 0. The van der Waals surface area contributed by atoms with Gasteiger partial charge in [-0.15, -0.1) is 12.4 Å². The largest absolute Gasteiger partial charge is 0.382 e. The standard InChI is InChI=1S/C9H17N3.ClH/c1-4-6-10-9-7-12(5-2)11-8(9)3;/h7,10H,4-6H2,1-3H3;1H. The highest BCUT2D eigenvalue weighted by Crippen LogP contribution is 2.11. The molecule has 0 radical (unpaired) electrons. The predicted molar refractivity (Wildman–Crippen MR) is 58.7 cm³/mol. The second-order valence-electron chi connectivity index (χ2n) is 2.91. The summed E-state index contributed by atoms with van der Waals surface area (Å²) in [5, 5.41) is 7.67. The molecule has 76 valence electrons. The molecule has 0 unspecified atom stereocenters. The Labute approximate surface area is 85.9 Å². The Kier molecular flexibility index (Phi) is 5.55. The van der Waals surface area contributed by atoms with E-state index in [1.165, 1.54) is 5.69 Å². The first-order chi connectivity index (χ1) is 5.77. The fraction of sp³-hybridized carbons (Fsp3) is 0.667. The molecule has 0 saturated heterocycles.